The lowest BCUT2D eigenvalue weighted by Crippen LogP contribution is -2.53. The average molecular weight is 542 g/mol. The maximum absolute atomic E-state index is 13.9. The molecule has 2 heterocycles. The highest BCUT2D eigenvalue weighted by molar-refractivity contribution is 5.79. The molecule has 2 aliphatic carbocycles. The third-order valence-corrected chi connectivity index (χ3v) is 8.60. The number of aromatic nitrogens is 1. The molecule has 0 N–H and O–H groups in total. The van der Waals surface area contributed by atoms with Crippen molar-refractivity contribution in [1.29, 1.82) is 0 Å². The highest BCUT2D eigenvalue weighted by Crippen LogP contribution is 2.41. The Labute approximate surface area is 229 Å². The van der Waals surface area contributed by atoms with Crippen molar-refractivity contribution in [2.24, 2.45) is 5.92 Å². The number of pyridine rings is 1. The zero-order valence-electron chi connectivity index (χ0n) is 23.1. The van der Waals surface area contributed by atoms with Crippen LogP contribution >= 0.6 is 0 Å². The summed E-state index contributed by atoms with van der Waals surface area (Å²) < 4.78 is 47.6. The Morgan fingerprint density at radius 3 is 2.54 bits per heavy atom. The van der Waals surface area contributed by atoms with Crippen molar-refractivity contribution < 1.29 is 22.7 Å². The fourth-order valence-electron chi connectivity index (χ4n) is 6.31. The van der Waals surface area contributed by atoms with Gasteiger partial charge in [-0.1, -0.05) is 30.9 Å². The Morgan fingerprint density at radius 1 is 1.10 bits per heavy atom. The molecule has 0 unspecified atom stereocenters. The highest BCUT2D eigenvalue weighted by atomic mass is 19.4. The van der Waals surface area contributed by atoms with Gasteiger partial charge >= 0.3 is 6.18 Å². The number of amides is 1. The number of fused-ring (bicyclic) bond motifs is 1. The molecule has 5 rings (SSSR count). The van der Waals surface area contributed by atoms with E-state index in [9.17, 15) is 18.0 Å². The van der Waals surface area contributed by atoms with Crippen LogP contribution in [0.5, 0.6) is 5.75 Å². The molecule has 2 fully saturated rings. The predicted octanol–water partition coefficient (Wildman–Crippen LogP) is 6.47. The second-order valence-electron chi connectivity index (χ2n) is 11.6. The summed E-state index contributed by atoms with van der Waals surface area (Å²) in [5, 5.41) is 0. The van der Waals surface area contributed by atoms with Gasteiger partial charge in [-0.3, -0.25) is 14.7 Å². The minimum Gasteiger partial charge on any atom is -0.487 e. The lowest BCUT2D eigenvalue weighted by atomic mass is 9.82. The zero-order valence-corrected chi connectivity index (χ0v) is 23.1. The average Bonchev–Trinajstić information content (AvgIpc) is 2.90. The Morgan fingerprint density at radius 2 is 1.85 bits per heavy atom. The van der Waals surface area contributed by atoms with Crippen LogP contribution in [0.4, 0.5) is 13.2 Å². The number of carbonyl (C=O) groups excluding carboxylic acids is 1. The number of carbonyl (C=O) groups is 1. The zero-order chi connectivity index (χ0) is 27.7. The van der Waals surface area contributed by atoms with Crippen LogP contribution < -0.4 is 4.74 Å². The standard InChI is InChI=1S/C31H38F3N3O2/c1-20-23(16-37-17-24(18-37)30(38)36(2)3)10-9-22-13-26(11-12-27(20)22)39-19-25-14-29(31(32,33)34)28(15-35-25)21-7-5-4-6-8-21/h11-15,21,24H,4-10,16-19H2,1-3H3. The second kappa shape index (κ2) is 11.3. The van der Waals surface area contributed by atoms with Crippen LogP contribution in [0.25, 0.3) is 5.57 Å². The third-order valence-electron chi connectivity index (χ3n) is 8.60. The number of hydrogen-bond acceptors (Lipinski definition) is 4. The van der Waals surface area contributed by atoms with Crippen LogP contribution in [-0.2, 0) is 24.0 Å². The summed E-state index contributed by atoms with van der Waals surface area (Å²) in [5.74, 6) is 0.873. The van der Waals surface area contributed by atoms with Gasteiger partial charge in [-0.2, -0.15) is 13.2 Å². The van der Waals surface area contributed by atoms with Crippen LogP contribution in [0.15, 0.2) is 36.0 Å². The van der Waals surface area contributed by atoms with Gasteiger partial charge in [-0.25, -0.2) is 0 Å². The maximum Gasteiger partial charge on any atom is 0.416 e. The van der Waals surface area contributed by atoms with Gasteiger partial charge in [-0.15, -0.1) is 0 Å². The van der Waals surface area contributed by atoms with E-state index in [0.29, 0.717) is 17.0 Å². The number of benzene rings is 1. The van der Waals surface area contributed by atoms with Crippen molar-refractivity contribution >= 4 is 11.5 Å². The van der Waals surface area contributed by atoms with E-state index in [1.807, 2.05) is 18.2 Å². The van der Waals surface area contributed by atoms with Crippen molar-refractivity contribution in [1.82, 2.24) is 14.8 Å². The fraction of sp³-hybridized carbons (Fsp3) is 0.548. The second-order valence-corrected chi connectivity index (χ2v) is 11.6. The van der Waals surface area contributed by atoms with Crippen molar-refractivity contribution in [3.63, 3.8) is 0 Å². The number of hydrogen-bond donors (Lipinski definition) is 0. The summed E-state index contributed by atoms with van der Waals surface area (Å²) in [5.41, 5.74) is 5.10. The first-order valence-electron chi connectivity index (χ1n) is 14.0. The summed E-state index contributed by atoms with van der Waals surface area (Å²) in [6.45, 7) is 4.63. The Balaban J connectivity index is 1.23. The molecular weight excluding hydrogens is 503 g/mol. The molecule has 5 nitrogen and oxygen atoms in total. The first-order valence-corrected chi connectivity index (χ1v) is 14.0. The molecule has 1 aliphatic heterocycles. The number of rotatable bonds is 7. The quantitative estimate of drug-likeness (QED) is 0.403. The van der Waals surface area contributed by atoms with Crippen LogP contribution in [0, 0.1) is 5.92 Å². The molecule has 0 atom stereocenters. The molecular formula is C31H38F3N3O2. The molecule has 8 heteroatoms. The summed E-state index contributed by atoms with van der Waals surface area (Å²) in [4.78, 5) is 20.5. The SMILES string of the molecule is CC1=C(CN2CC(C(=O)N(C)C)C2)CCc2cc(OCc3cc(C(F)(F)F)c(C4CCCCC4)cn3)ccc21. The summed E-state index contributed by atoms with van der Waals surface area (Å²) in [6, 6.07) is 7.12. The van der Waals surface area contributed by atoms with E-state index in [1.165, 1.54) is 34.5 Å². The van der Waals surface area contributed by atoms with Gasteiger partial charge in [0.25, 0.3) is 0 Å². The van der Waals surface area contributed by atoms with Gasteiger partial charge < -0.3 is 9.64 Å². The predicted molar refractivity (Wildman–Crippen MR) is 145 cm³/mol. The van der Waals surface area contributed by atoms with Gasteiger partial charge in [0.05, 0.1) is 17.2 Å². The Kier molecular flexibility index (Phi) is 8.04. The number of nitrogens with zero attached hydrogens (tertiary/aromatic N) is 3. The molecule has 1 amide bonds. The molecule has 39 heavy (non-hydrogen) atoms. The molecule has 1 aromatic heterocycles. The molecule has 0 spiro atoms. The lowest BCUT2D eigenvalue weighted by molar-refractivity contribution is -0.139. The van der Waals surface area contributed by atoms with Crippen molar-refractivity contribution in [2.45, 2.75) is 70.6 Å². The van der Waals surface area contributed by atoms with Crippen LogP contribution in [0.2, 0.25) is 0 Å². The lowest BCUT2D eigenvalue weighted by Gasteiger charge is -2.40. The molecule has 2 aromatic rings. The number of aryl methyl sites for hydroxylation is 1. The molecule has 3 aliphatic rings. The van der Waals surface area contributed by atoms with E-state index in [2.05, 4.69) is 16.8 Å². The normalized spacial score (nSPS) is 19.0. The van der Waals surface area contributed by atoms with E-state index in [0.717, 1.165) is 64.6 Å². The number of likely N-dealkylation sites (tertiary alicyclic amines) is 1. The van der Waals surface area contributed by atoms with E-state index >= 15 is 0 Å². The van der Waals surface area contributed by atoms with Gasteiger partial charge in [-0.05, 0) is 79.0 Å². The van der Waals surface area contributed by atoms with Crippen LogP contribution in [0.3, 0.4) is 0 Å². The number of alkyl halides is 3. The van der Waals surface area contributed by atoms with E-state index in [1.54, 1.807) is 19.0 Å². The molecule has 1 aromatic carbocycles. The number of halogens is 3. The van der Waals surface area contributed by atoms with Gasteiger partial charge in [0, 0.05) is 39.9 Å². The molecule has 210 valence electrons. The van der Waals surface area contributed by atoms with Crippen LogP contribution in [-0.4, -0.2) is 54.4 Å². The smallest absolute Gasteiger partial charge is 0.416 e. The van der Waals surface area contributed by atoms with Crippen LogP contribution in [0.1, 0.15) is 79.3 Å². The van der Waals surface area contributed by atoms with Crippen molar-refractivity contribution in [2.75, 3.05) is 33.7 Å². The van der Waals surface area contributed by atoms with Gasteiger partial charge in [0.15, 0.2) is 0 Å². The molecule has 1 saturated heterocycles. The van der Waals surface area contributed by atoms with Crippen molar-refractivity contribution in [3.05, 3.63) is 64.0 Å². The minimum atomic E-state index is -4.41. The maximum atomic E-state index is 13.9. The van der Waals surface area contributed by atoms with Gasteiger partial charge in [0.2, 0.25) is 5.91 Å². The number of allylic oxidation sites excluding steroid dienone is 1. The van der Waals surface area contributed by atoms with E-state index < -0.39 is 11.7 Å². The number of ether oxygens (including phenoxy) is 1. The van der Waals surface area contributed by atoms with Gasteiger partial charge in [0.1, 0.15) is 12.4 Å². The minimum absolute atomic E-state index is 0.00528. The summed E-state index contributed by atoms with van der Waals surface area (Å²) in [7, 11) is 3.61. The first kappa shape index (κ1) is 27.7. The molecule has 0 bridgehead atoms. The first-order chi connectivity index (χ1) is 18.6. The fourth-order valence-corrected chi connectivity index (χ4v) is 6.31. The largest absolute Gasteiger partial charge is 0.487 e. The Hall–Kier alpha value is -2.87. The summed E-state index contributed by atoms with van der Waals surface area (Å²) >= 11 is 0. The molecule has 0 radical (unpaired) electrons. The van der Waals surface area contributed by atoms with E-state index in [4.69, 9.17) is 4.74 Å². The summed E-state index contributed by atoms with van der Waals surface area (Å²) in [6.07, 6.45) is 3.47. The highest BCUT2D eigenvalue weighted by Gasteiger charge is 2.36. The third kappa shape index (κ3) is 6.16. The van der Waals surface area contributed by atoms with Crippen molar-refractivity contribution in [3.8, 4) is 5.75 Å². The molecule has 1 saturated carbocycles. The van der Waals surface area contributed by atoms with E-state index in [-0.39, 0.29) is 24.3 Å². The monoisotopic (exact) mass is 541 g/mol. The topological polar surface area (TPSA) is 45.7 Å². The Bertz CT molecular complexity index is 1240.